The number of hydrogen-bond acceptors (Lipinski definition) is 6. The predicted molar refractivity (Wildman–Crippen MR) is 101 cm³/mol. The molecule has 4 rings (SSSR count). The van der Waals surface area contributed by atoms with Crippen LogP contribution in [0.5, 0.6) is 5.75 Å². The Balaban J connectivity index is 1.70. The normalized spacial score (nSPS) is 12.1. The standard InChI is InChI=1S/C19H17F2N7O/c1-11(14-8-13(20)3-4-16(14)28-24-5-6-25-28)29-17-7-12(9-23-19(17)22)18-15(21)10-26-27(18)2/h3-11H,1-2H3,(H2,22,23)/t11-/m1/s1. The maximum absolute atomic E-state index is 14.1. The molecule has 29 heavy (non-hydrogen) atoms. The molecular weight excluding hydrogens is 380 g/mol. The van der Waals surface area contributed by atoms with Gasteiger partial charge in [0.1, 0.15) is 17.6 Å². The summed E-state index contributed by atoms with van der Waals surface area (Å²) in [4.78, 5) is 5.47. The zero-order valence-corrected chi connectivity index (χ0v) is 15.6. The van der Waals surface area contributed by atoms with Crippen LogP contribution in [0.4, 0.5) is 14.6 Å². The van der Waals surface area contributed by atoms with E-state index in [1.807, 2.05) is 0 Å². The van der Waals surface area contributed by atoms with E-state index < -0.39 is 17.7 Å². The number of aryl methyl sites for hydroxylation is 1. The SMILES string of the molecule is C[C@@H](Oc1cc(-c2c(F)cnn2C)cnc1N)c1cc(F)ccc1-n1nccn1. The Kier molecular flexibility index (Phi) is 4.67. The van der Waals surface area contributed by atoms with Gasteiger partial charge in [-0.25, -0.2) is 13.8 Å². The van der Waals surface area contributed by atoms with Gasteiger partial charge in [0, 0.05) is 24.4 Å². The second-order valence-corrected chi connectivity index (χ2v) is 6.35. The molecule has 0 fully saturated rings. The molecule has 3 aromatic heterocycles. The number of anilines is 1. The molecule has 1 atom stereocenters. The molecule has 0 aliphatic rings. The van der Waals surface area contributed by atoms with Gasteiger partial charge in [-0.15, -0.1) is 0 Å². The van der Waals surface area contributed by atoms with E-state index in [-0.39, 0.29) is 17.3 Å². The molecular formula is C19H17F2N7O. The summed E-state index contributed by atoms with van der Waals surface area (Å²) in [7, 11) is 1.62. The molecule has 8 nitrogen and oxygen atoms in total. The van der Waals surface area contributed by atoms with Gasteiger partial charge in [-0.05, 0) is 31.2 Å². The molecule has 148 valence electrons. The lowest BCUT2D eigenvalue weighted by atomic mass is 10.1. The van der Waals surface area contributed by atoms with Gasteiger partial charge in [0.25, 0.3) is 0 Å². The molecule has 0 unspecified atom stereocenters. The van der Waals surface area contributed by atoms with E-state index in [2.05, 4.69) is 20.3 Å². The highest BCUT2D eigenvalue weighted by Gasteiger charge is 2.19. The van der Waals surface area contributed by atoms with Gasteiger partial charge in [0.2, 0.25) is 0 Å². The average Bonchev–Trinajstić information content (AvgIpc) is 3.34. The van der Waals surface area contributed by atoms with Crippen molar-refractivity contribution >= 4 is 5.82 Å². The second-order valence-electron chi connectivity index (χ2n) is 6.35. The lowest BCUT2D eigenvalue weighted by molar-refractivity contribution is 0.226. The smallest absolute Gasteiger partial charge is 0.169 e. The topological polar surface area (TPSA) is 96.7 Å². The van der Waals surface area contributed by atoms with Gasteiger partial charge in [0.05, 0.1) is 24.3 Å². The van der Waals surface area contributed by atoms with E-state index in [1.165, 1.54) is 40.2 Å². The molecule has 0 aliphatic carbocycles. The number of benzene rings is 1. The van der Waals surface area contributed by atoms with Crippen LogP contribution in [0.25, 0.3) is 16.9 Å². The van der Waals surface area contributed by atoms with Gasteiger partial charge >= 0.3 is 0 Å². The molecule has 4 aromatic rings. The number of nitrogens with zero attached hydrogens (tertiary/aromatic N) is 6. The molecule has 0 aliphatic heterocycles. The number of nitrogens with two attached hydrogens (primary N) is 1. The lowest BCUT2D eigenvalue weighted by Gasteiger charge is -2.19. The molecule has 0 saturated heterocycles. The number of ether oxygens (including phenoxy) is 1. The predicted octanol–water partition coefficient (Wildman–Crippen LogP) is 3.06. The van der Waals surface area contributed by atoms with E-state index >= 15 is 0 Å². The van der Waals surface area contributed by atoms with Gasteiger partial charge < -0.3 is 10.5 Å². The molecule has 10 heteroatoms. The average molecular weight is 397 g/mol. The van der Waals surface area contributed by atoms with Crippen LogP contribution in [0.2, 0.25) is 0 Å². The van der Waals surface area contributed by atoms with Gasteiger partial charge in [-0.2, -0.15) is 20.1 Å². The van der Waals surface area contributed by atoms with Crippen LogP contribution in [0.15, 0.2) is 49.1 Å². The van der Waals surface area contributed by atoms with Crippen molar-refractivity contribution in [1.82, 2.24) is 29.8 Å². The van der Waals surface area contributed by atoms with E-state index in [4.69, 9.17) is 10.5 Å². The summed E-state index contributed by atoms with van der Waals surface area (Å²) in [6, 6.07) is 5.80. The number of rotatable bonds is 5. The van der Waals surface area contributed by atoms with Crippen molar-refractivity contribution in [2.24, 2.45) is 7.05 Å². The lowest BCUT2D eigenvalue weighted by Crippen LogP contribution is -2.11. The zero-order chi connectivity index (χ0) is 20.5. The summed E-state index contributed by atoms with van der Waals surface area (Å²) in [5.41, 5.74) is 7.73. The maximum Gasteiger partial charge on any atom is 0.169 e. The summed E-state index contributed by atoms with van der Waals surface area (Å²) < 4.78 is 35.3. The maximum atomic E-state index is 14.1. The first-order valence-electron chi connectivity index (χ1n) is 8.70. The summed E-state index contributed by atoms with van der Waals surface area (Å²) >= 11 is 0. The van der Waals surface area contributed by atoms with Gasteiger partial charge in [-0.3, -0.25) is 4.68 Å². The highest BCUT2D eigenvalue weighted by Crippen LogP contribution is 2.33. The van der Waals surface area contributed by atoms with Crippen LogP contribution < -0.4 is 10.5 Å². The van der Waals surface area contributed by atoms with Gasteiger partial charge in [0.15, 0.2) is 17.4 Å². The monoisotopic (exact) mass is 397 g/mol. The summed E-state index contributed by atoms with van der Waals surface area (Å²) in [5.74, 6) is -0.559. The minimum atomic E-state index is -0.623. The third kappa shape index (κ3) is 3.51. The molecule has 2 N–H and O–H groups in total. The first-order chi connectivity index (χ1) is 13.9. The molecule has 0 spiro atoms. The van der Waals surface area contributed by atoms with Crippen LogP contribution in [0, 0.1) is 11.6 Å². The summed E-state index contributed by atoms with van der Waals surface area (Å²) in [6.07, 6.45) is 4.97. The second kappa shape index (κ2) is 7.30. The molecule has 0 radical (unpaired) electrons. The van der Waals surface area contributed by atoms with Crippen LogP contribution >= 0.6 is 0 Å². The minimum Gasteiger partial charge on any atom is -0.482 e. The first kappa shape index (κ1) is 18.5. The highest BCUT2D eigenvalue weighted by atomic mass is 19.1. The van der Waals surface area contributed by atoms with Crippen molar-refractivity contribution in [1.29, 1.82) is 0 Å². The van der Waals surface area contributed by atoms with Crippen molar-refractivity contribution in [3.63, 3.8) is 0 Å². The Morgan fingerprint density at radius 3 is 2.52 bits per heavy atom. The van der Waals surface area contributed by atoms with Crippen LogP contribution in [-0.4, -0.2) is 29.8 Å². The van der Waals surface area contributed by atoms with Gasteiger partial charge in [-0.1, -0.05) is 0 Å². The van der Waals surface area contributed by atoms with Crippen LogP contribution in [0.1, 0.15) is 18.6 Å². The number of aromatic nitrogens is 6. The number of halogens is 2. The van der Waals surface area contributed by atoms with E-state index in [0.29, 0.717) is 16.8 Å². The summed E-state index contributed by atoms with van der Waals surface area (Å²) in [6.45, 7) is 1.73. The molecule has 3 heterocycles. The molecule has 0 bridgehead atoms. The number of pyridine rings is 1. The first-order valence-corrected chi connectivity index (χ1v) is 8.70. The highest BCUT2D eigenvalue weighted by molar-refractivity contribution is 5.64. The molecule has 0 amide bonds. The fourth-order valence-corrected chi connectivity index (χ4v) is 3.04. The third-order valence-electron chi connectivity index (χ3n) is 4.41. The Morgan fingerprint density at radius 2 is 1.83 bits per heavy atom. The Labute approximate surface area is 164 Å². The van der Waals surface area contributed by atoms with Crippen molar-refractivity contribution < 1.29 is 13.5 Å². The summed E-state index contributed by atoms with van der Waals surface area (Å²) in [5, 5.41) is 12.1. The van der Waals surface area contributed by atoms with Crippen molar-refractivity contribution in [2.75, 3.05) is 5.73 Å². The van der Waals surface area contributed by atoms with E-state index in [0.717, 1.165) is 6.20 Å². The minimum absolute atomic E-state index is 0.123. The Hall–Kier alpha value is -3.82. The van der Waals surface area contributed by atoms with E-state index in [1.54, 1.807) is 26.1 Å². The van der Waals surface area contributed by atoms with Crippen LogP contribution in [-0.2, 0) is 7.05 Å². The number of hydrogen-bond donors (Lipinski definition) is 1. The van der Waals surface area contributed by atoms with Crippen molar-refractivity contribution in [2.45, 2.75) is 13.0 Å². The Morgan fingerprint density at radius 1 is 1.07 bits per heavy atom. The Bertz CT molecular complexity index is 1140. The number of nitrogen functional groups attached to an aromatic ring is 1. The fourth-order valence-electron chi connectivity index (χ4n) is 3.04. The van der Waals surface area contributed by atoms with Crippen molar-refractivity contribution in [3.05, 3.63) is 66.3 Å². The molecule has 1 aromatic carbocycles. The quantitative estimate of drug-likeness (QED) is 0.556. The largest absolute Gasteiger partial charge is 0.482 e. The molecule has 0 saturated carbocycles. The zero-order valence-electron chi connectivity index (χ0n) is 15.6. The van der Waals surface area contributed by atoms with Crippen molar-refractivity contribution in [3.8, 4) is 22.7 Å². The van der Waals surface area contributed by atoms with E-state index in [9.17, 15) is 8.78 Å². The fraction of sp³-hybridized carbons (Fsp3) is 0.158. The van der Waals surface area contributed by atoms with Crippen LogP contribution in [0.3, 0.4) is 0 Å². The third-order valence-corrected chi connectivity index (χ3v) is 4.41.